The molecular weight excluding hydrogens is 408 g/mol. The van der Waals surface area contributed by atoms with Crippen LogP contribution in [-0.4, -0.2) is 42.0 Å². The minimum atomic E-state index is -1.27. The molecule has 0 saturated carbocycles. The Morgan fingerprint density at radius 3 is 2.35 bits per heavy atom. The maximum absolute atomic E-state index is 12.7. The van der Waals surface area contributed by atoms with Crippen LogP contribution in [0.3, 0.4) is 0 Å². The van der Waals surface area contributed by atoms with Crippen molar-refractivity contribution < 1.29 is 28.8 Å². The summed E-state index contributed by atoms with van der Waals surface area (Å²) in [6.45, 7) is 0. The minimum Gasteiger partial charge on any atom is -0.495 e. The number of esters is 1. The number of fused-ring (bicyclic) bond motifs is 1. The Labute approximate surface area is 175 Å². The number of H-pyrrole nitrogens is 1. The number of cyclic esters (lactones) is 1. The first-order valence-corrected chi connectivity index (χ1v) is 9.10. The average Bonchev–Trinajstić information content (AvgIpc) is 3.09. The molecule has 3 aromatic rings. The molecule has 2 aromatic carbocycles. The zero-order valence-electron chi connectivity index (χ0n) is 16.8. The highest BCUT2D eigenvalue weighted by Gasteiger charge is 2.40. The van der Waals surface area contributed by atoms with Gasteiger partial charge in [-0.05, 0) is 18.2 Å². The van der Waals surface area contributed by atoms with Crippen molar-refractivity contribution in [3.05, 3.63) is 73.9 Å². The fourth-order valence-corrected chi connectivity index (χ4v) is 3.63. The van der Waals surface area contributed by atoms with E-state index in [4.69, 9.17) is 18.9 Å². The fourth-order valence-electron chi connectivity index (χ4n) is 3.63. The van der Waals surface area contributed by atoms with E-state index in [1.165, 1.54) is 33.5 Å². The van der Waals surface area contributed by atoms with E-state index >= 15 is 0 Å². The van der Waals surface area contributed by atoms with Gasteiger partial charge in [0.05, 0.1) is 27.0 Å². The van der Waals surface area contributed by atoms with Gasteiger partial charge in [-0.2, -0.15) is 0 Å². The van der Waals surface area contributed by atoms with E-state index in [9.17, 15) is 19.5 Å². The van der Waals surface area contributed by atoms with Gasteiger partial charge in [0.25, 0.3) is 5.56 Å². The Balaban J connectivity index is 1.98. The quantitative estimate of drug-likeness (QED) is 0.588. The molecule has 1 aromatic heterocycles. The van der Waals surface area contributed by atoms with Crippen LogP contribution in [0.2, 0.25) is 0 Å². The van der Waals surface area contributed by atoms with Crippen LogP contribution in [0.4, 0.5) is 0 Å². The number of benzene rings is 2. The van der Waals surface area contributed by atoms with Crippen molar-refractivity contribution in [3.8, 4) is 28.8 Å². The van der Waals surface area contributed by atoms with Crippen molar-refractivity contribution in [2.75, 3.05) is 21.3 Å². The van der Waals surface area contributed by atoms with Crippen molar-refractivity contribution in [1.82, 2.24) is 9.55 Å². The van der Waals surface area contributed by atoms with Gasteiger partial charge in [0.2, 0.25) is 5.88 Å². The standard InChI is InChI=1S/C21H18N2O8/c1-28-12-7-5-4-6-11(12)23-19(25)15(18(24)22-21(23)27)16-10-8-9-13(29-2)17(30-3)14(10)20(26)31-16/h4-9,16,25H,1-3H3,(H,22,24,27). The zero-order chi connectivity index (χ0) is 22.3. The van der Waals surface area contributed by atoms with Crippen molar-refractivity contribution >= 4 is 5.97 Å². The molecule has 2 heterocycles. The number of para-hydroxylation sites is 2. The van der Waals surface area contributed by atoms with Crippen LogP contribution in [0, 0.1) is 0 Å². The molecule has 1 unspecified atom stereocenters. The Bertz CT molecular complexity index is 1310. The Kier molecular flexibility index (Phi) is 4.90. The maximum atomic E-state index is 12.7. The number of nitrogens with zero attached hydrogens (tertiary/aromatic N) is 1. The van der Waals surface area contributed by atoms with E-state index < -0.39 is 29.2 Å². The van der Waals surface area contributed by atoms with Crippen LogP contribution in [0.1, 0.15) is 27.6 Å². The predicted octanol–water partition coefficient (Wildman–Crippen LogP) is 1.52. The molecular formula is C21H18N2O8. The number of aromatic amines is 1. The minimum absolute atomic E-state index is 0.0701. The normalized spacial score (nSPS) is 14.7. The highest BCUT2D eigenvalue weighted by Crippen LogP contribution is 2.45. The molecule has 1 aliphatic rings. The van der Waals surface area contributed by atoms with Gasteiger partial charge in [0.15, 0.2) is 17.6 Å². The van der Waals surface area contributed by atoms with Crippen molar-refractivity contribution in [2.45, 2.75) is 6.10 Å². The summed E-state index contributed by atoms with van der Waals surface area (Å²) in [6, 6.07) is 9.53. The van der Waals surface area contributed by atoms with Crippen LogP contribution in [0.5, 0.6) is 23.1 Å². The largest absolute Gasteiger partial charge is 0.495 e. The Hall–Kier alpha value is -4.21. The molecule has 0 spiro atoms. The zero-order valence-corrected chi connectivity index (χ0v) is 16.8. The molecule has 10 heteroatoms. The lowest BCUT2D eigenvalue weighted by Crippen LogP contribution is -2.33. The summed E-state index contributed by atoms with van der Waals surface area (Å²) in [5.41, 5.74) is -1.54. The fraction of sp³-hybridized carbons (Fsp3) is 0.190. The summed E-state index contributed by atoms with van der Waals surface area (Å²) in [5, 5.41) is 11.0. The topological polar surface area (TPSA) is 129 Å². The van der Waals surface area contributed by atoms with Crippen LogP contribution in [0.15, 0.2) is 46.0 Å². The molecule has 0 radical (unpaired) electrons. The lowest BCUT2D eigenvalue weighted by molar-refractivity contribution is 0.0447. The summed E-state index contributed by atoms with van der Waals surface area (Å²) in [6.07, 6.45) is -1.27. The molecule has 2 N–H and O–H groups in total. The van der Waals surface area contributed by atoms with Crippen LogP contribution < -0.4 is 25.5 Å². The highest BCUT2D eigenvalue weighted by molar-refractivity contribution is 5.98. The van der Waals surface area contributed by atoms with Crippen LogP contribution >= 0.6 is 0 Å². The number of carbonyl (C=O) groups excluding carboxylic acids is 1. The molecule has 0 saturated heterocycles. The molecule has 1 aliphatic heterocycles. The third kappa shape index (κ3) is 3.00. The number of carbonyl (C=O) groups is 1. The molecule has 0 bridgehead atoms. The average molecular weight is 426 g/mol. The van der Waals surface area contributed by atoms with Crippen LogP contribution in [0.25, 0.3) is 5.69 Å². The van der Waals surface area contributed by atoms with Gasteiger partial charge in [-0.3, -0.25) is 9.78 Å². The van der Waals surface area contributed by atoms with Crippen molar-refractivity contribution in [2.24, 2.45) is 0 Å². The highest BCUT2D eigenvalue weighted by atomic mass is 16.6. The molecule has 1 atom stereocenters. The molecule has 160 valence electrons. The molecule has 31 heavy (non-hydrogen) atoms. The summed E-state index contributed by atoms with van der Waals surface area (Å²) in [7, 11) is 4.19. The van der Waals surface area contributed by atoms with Crippen molar-refractivity contribution in [3.63, 3.8) is 0 Å². The third-order valence-corrected chi connectivity index (χ3v) is 5.00. The predicted molar refractivity (Wildman–Crippen MR) is 108 cm³/mol. The number of methoxy groups -OCH3 is 3. The second kappa shape index (κ2) is 7.56. The second-order valence-electron chi connectivity index (χ2n) is 6.55. The Morgan fingerprint density at radius 1 is 0.968 bits per heavy atom. The molecule has 0 fully saturated rings. The van der Waals surface area contributed by atoms with E-state index in [2.05, 4.69) is 4.98 Å². The van der Waals surface area contributed by atoms with Crippen molar-refractivity contribution in [1.29, 1.82) is 0 Å². The van der Waals surface area contributed by atoms with E-state index in [0.29, 0.717) is 5.75 Å². The summed E-state index contributed by atoms with van der Waals surface area (Å²) < 4.78 is 22.0. The van der Waals surface area contributed by atoms with E-state index in [0.717, 1.165) is 4.57 Å². The monoisotopic (exact) mass is 426 g/mol. The van der Waals surface area contributed by atoms with Gasteiger partial charge in [-0.1, -0.05) is 18.2 Å². The number of hydrogen-bond acceptors (Lipinski definition) is 8. The number of aromatic nitrogens is 2. The molecule has 0 aliphatic carbocycles. The van der Waals surface area contributed by atoms with Gasteiger partial charge in [0, 0.05) is 5.56 Å². The van der Waals surface area contributed by atoms with Gasteiger partial charge in [0.1, 0.15) is 16.9 Å². The Morgan fingerprint density at radius 2 is 1.68 bits per heavy atom. The maximum Gasteiger partial charge on any atom is 0.343 e. The third-order valence-electron chi connectivity index (χ3n) is 5.00. The number of nitrogens with one attached hydrogen (secondary N) is 1. The molecule has 4 rings (SSSR count). The lowest BCUT2D eigenvalue weighted by Gasteiger charge is -2.17. The van der Waals surface area contributed by atoms with Gasteiger partial charge in [-0.15, -0.1) is 0 Å². The number of hydrogen-bond donors (Lipinski definition) is 2. The van der Waals surface area contributed by atoms with E-state index in [-0.39, 0.29) is 33.9 Å². The summed E-state index contributed by atoms with van der Waals surface area (Å²) >= 11 is 0. The van der Waals surface area contributed by atoms with Gasteiger partial charge < -0.3 is 24.1 Å². The van der Waals surface area contributed by atoms with E-state index in [1.54, 1.807) is 24.3 Å². The molecule has 10 nitrogen and oxygen atoms in total. The number of rotatable bonds is 5. The number of ether oxygens (including phenoxy) is 4. The second-order valence-corrected chi connectivity index (χ2v) is 6.55. The van der Waals surface area contributed by atoms with Gasteiger partial charge >= 0.3 is 11.7 Å². The first-order valence-electron chi connectivity index (χ1n) is 9.10. The lowest BCUT2D eigenvalue weighted by atomic mass is 9.99. The first-order chi connectivity index (χ1) is 14.9. The molecule has 0 amide bonds. The summed E-state index contributed by atoms with van der Waals surface area (Å²) in [4.78, 5) is 40.0. The summed E-state index contributed by atoms with van der Waals surface area (Å²) in [5.74, 6) is -0.714. The van der Waals surface area contributed by atoms with Gasteiger partial charge in [-0.25, -0.2) is 14.2 Å². The number of aromatic hydroxyl groups is 1. The first kappa shape index (κ1) is 20.1. The SMILES string of the molecule is COc1ccccc1-n1c(O)c(C2OC(=O)c3c2ccc(OC)c3OC)c(=O)[nH]c1=O. The smallest absolute Gasteiger partial charge is 0.343 e. The van der Waals surface area contributed by atoms with Crippen LogP contribution in [-0.2, 0) is 4.74 Å². The van der Waals surface area contributed by atoms with E-state index in [1.807, 2.05) is 0 Å².